The SMILES string of the molecule is Cc1nnc(CNC(=O)Nc2ccc(OC3CCN(C)CC3)cc2)o1. The van der Waals surface area contributed by atoms with Crippen LogP contribution in [0.2, 0.25) is 0 Å². The zero-order valence-corrected chi connectivity index (χ0v) is 14.5. The van der Waals surface area contributed by atoms with Crippen LogP contribution < -0.4 is 15.4 Å². The minimum atomic E-state index is -0.333. The van der Waals surface area contributed by atoms with E-state index in [2.05, 4.69) is 32.8 Å². The van der Waals surface area contributed by atoms with Crippen molar-refractivity contribution in [3.63, 3.8) is 0 Å². The number of amides is 2. The average molecular weight is 345 g/mol. The summed E-state index contributed by atoms with van der Waals surface area (Å²) in [4.78, 5) is 14.2. The van der Waals surface area contributed by atoms with E-state index in [1.54, 1.807) is 6.92 Å². The second kappa shape index (κ2) is 7.98. The Morgan fingerprint density at radius 2 is 2.00 bits per heavy atom. The fourth-order valence-electron chi connectivity index (χ4n) is 2.65. The van der Waals surface area contributed by atoms with Gasteiger partial charge >= 0.3 is 6.03 Å². The fourth-order valence-corrected chi connectivity index (χ4v) is 2.65. The van der Waals surface area contributed by atoms with Gasteiger partial charge in [-0.15, -0.1) is 10.2 Å². The van der Waals surface area contributed by atoms with Crippen LogP contribution in [0.15, 0.2) is 28.7 Å². The lowest BCUT2D eigenvalue weighted by molar-refractivity contribution is 0.114. The quantitative estimate of drug-likeness (QED) is 0.863. The summed E-state index contributed by atoms with van der Waals surface area (Å²) in [6.45, 7) is 4.00. The number of nitrogens with zero attached hydrogens (tertiary/aromatic N) is 3. The molecule has 0 radical (unpaired) electrons. The first-order valence-corrected chi connectivity index (χ1v) is 8.37. The number of rotatable bonds is 5. The van der Waals surface area contributed by atoms with E-state index in [0.717, 1.165) is 31.7 Å². The Bertz CT molecular complexity index is 693. The summed E-state index contributed by atoms with van der Waals surface area (Å²) in [6.07, 6.45) is 2.33. The van der Waals surface area contributed by atoms with Crippen LogP contribution in [0.1, 0.15) is 24.6 Å². The van der Waals surface area contributed by atoms with Crippen LogP contribution in [-0.2, 0) is 6.54 Å². The second-order valence-electron chi connectivity index (χ2n) is 6.17. The molecule has 2 N–H and O–H groups in total. The van der Waals surface area contributed by atoms with Gasteiger partial charge in [0, 0.05) is 25.7 Å². The molecule has 2 aromatic rings. The predicted octanol–water partition coefficient (Wildman–Crippen LogP) is 2.17. The molecule has 0 bridgehead atoms. The molecule has 0 saturated carbocycles. The first-order valence-electron chi connectivity index (χ1n) is 8.37. The van der Waals surface area contributed by atoms with Crippen molar-refractivity contribution in [1.82, 2.24) is 20.4 Å². The lowest BCUT2D eigenvalue weighted by atomic mass is 10.1. The molecule has 0 unspecified atom stereocenters. The van der Waals surface area contributed by atoms with E-state index in [4.69, 9.17) is 9.15 Å². The lowest BCUT2D eigenvalue weighted by Crippen LogP contribution is -2.35. The highest BCUT2D eigenvalue weighted by Crippen LogP contribution is 2.20. The van der Waals surface area contributed by atoms with Crippen molar-refractivity contribution in [3.05, 3.63) is 36.0 Å². The summed E-state index contributed by atoms with van der Waals surface area (Å²) in [5.41, 5.74) is 0.690. The molecule has 2 heterocycles. The van der Waals surface area contributed by atoms with Crippen LogP contribution in [0.25, 0.3) is 0 Å². The van der Waals surface area contributed by atoms with Crippen molar-refractivity contribution < 1.29 is 13.9 Å². The monoisotopic (exact) mass is 345 g/mol. The summed E-state index contributed by atoms with van der Waals surface area (Å²) >= 11 is 0. The number of hydrogen-bond acceptors (Lipinski definition) is 6. The summed E-state index contributed by atoms with van der Waals surface area (Å²) in [5, 5.41) is 12.9. The predicted molar refractivity (Wildman–Crippen MR) is 92.5 cm³/mol. The van der Waals surface area contributed by atoms with Crippen molar-refractivity contribution in [1.29, 1.82) is 0 Å². The third-order valence-corrected chi connectivity index (χ3v) is 4.05. The van der Waals surface area contributed by atoms with E-state index < -0.39 is 0 Å². The maximum absolute atomic E-state index is 11.9. The van der Waals surface area contributed by atoms with Gasteiger partial charge < -0.3 is 24.7 Å². The molecule has 0 atom stereocenters. The third kappa shape index (κ3) is 5.18. The normalized spacial score (nSPS) is 15.8. The first kappa shape index (κ1) is 17.2. The van der Waals surface area contributed by atoms with Gasteiger partial charge in [0.15, 0.2) is 0 Å². The summed E-state index contributed by atoms with van der Waals surface area (Å²) in [7, 11) is 2.13. The molecule has 1 fully saturated rings. The number of piperidine rings is 1. The largest absolute Gasteiger partial charge is 0.490 e. The molecule has 1 aromatic heterocycles. The summed E-state index contributed by atoms with van der Waals surface area (Å²) < 4.78 is 11.2. The molecular formula is C17H23N5O3. The number of likely N-dealkylation sites (tertiary alicyclic amines) is 1. The van der Waals surface area contributed by atoms with Gasteiger partial charge in [-0.25, -0.2) is 4.79 Å². The van der Waals surface area contributed by atoms with Crippen LogP contribution in [0.4, 0.5) is 10.5 Å². The van der Waals surface area contributed by atoms with Crippen LogP contribution in [0.5, 0.6) is 5.75 Å². The van der Waals surface area contributed by atoms with Crippen LogP contribution in [0, 0.1) is 6.92 Å². The van der Waals surface area contributed by atoms with Gasteiger partial charge in [0.05, 0.1) is 6.54 Å². The van der Waals surface area contributed by atoms with E-state index in [-0.39, 0.29) is 18.7 Å². The average Bonchev–Trinajstić information content (AvgIpc) is 3.02. The number of urea groups is 1. The molecule has 3 rings (SSSR count). The number of ether oxygens (including phenoxy) is 1. The molecule has 134 valence electrons. The Hall–Kier alpha value is -2.61. The van der Waals surface area contributed by atoms with E-state index in [1.807, 2.05) is 24.3 Å². The van der Waals surface area contributed by atoms with Crippen molar-refractivity contribution >= 4 is 11.7 Å². The Labute approximate surface area is 146 Å². The van der Waals surface area contributed by atoms with Crippen LogP contribution in [0.3, 0.4) is 0 Å². The number of anilines is 1. The Kier molecular flexibility index (Phi) is 5.49. The number of carbonyl (C=O) groups excluding carboxylic acids is 1. The van der Waals surface area contributed by atoms with Gasteiger partial charge in [0.1, 0.15) is 11.9 Å². The zero-order valence-electron chi connectivity index (χ0n) is 14.5. The maximum Gasteiger partial charge on any atom is 0.319 e. The van der Waals surface area contributed by atoms with E-state index in [1.165, 1.54) is 0 Å². The van der Waals surface area contributed by atoms with Gasteiger partial charge in [-0.2, -0.15) is 0 Å². The third-order valence-electron chi connectivity index (χ3n) is 4.05. The molecule has 2 amide bonds. The minimum Gasteiger partial charge on any atom is -0.490 e. The van der Waals surface area contributed by atoms with E-state index in [9.17, 15) is 4.79 Å². The highest BCUT2D eigenvalue weighted by molar-refractivity contribution is 5.89. The summed E-state index contributed by atoms with van der Waals surface area (Å²) in [6, 6.07) is 7.05. The molecule has 1 aliphatic heterocycles. The lowest BCUT2D eigenvalue weighted by Gasteiger charge is -2.29. The molecule has 0 aliphatic carbocycles. The van der Waals surface area contributed by atoms with Crippen LogP contribution >= 0.6 is 0 Å². The highest BCUT2D eigenvalue weighted by atomic mass is 16.5. The van der Waals surface area contributed by atoms with Crippen molar-refractivity contribution in [2.45, 2.75) is 32.4 Å². The van der Waals surface area contributed by atoms with Gasteiger partial charge in [-0.1, -0.05) is 0 Å². The van der Waals surface area contributed by atoms with E-state index in [0.29, 0.717) is 17.5 Å². The number of carbonyl (C=O) groups is 1. The first-order chi connectivity index (χ1) is 12.1. The fraction of sp³-hybridized carbons (Fsp3) is 0.471. The topological polar surface area (TPSA) is 92.5 Å². The van der Waals surface area contributed by atoms with Crippen LogP contribution in [-0.4, -0.2) is 47.4 Å². The molecule has 8 heteroatoms. The Balaban J connectivity index is 1.44. The van der Waals surface area contributed by atoms with Gasteiger partial charge in [-0.3, -0.25) is 0 Å². The Morgan fingerprint density at radius 3 is 2.64 bits per heavy atom. The molecule has 0 spiro atoms. The second-order valence-corrected chi connectivity index (χ2v) is 6.17. The Morgan fingerprint density at radius 1 is 1.28 bits per heavy atom. The number of nitrogens with one attached hydrogen (secondary N) is 2. The highest BCUT2D eigenvalue weighted by Gasteiger charge is 2.17. The standard InChI is InChI=1S/C17H23N5O3/c1-12-20-21-16(24-12)11-18-17(23)19-13-3-5-14(6-4-13)25-15-7-9-22(2)10-8-15/h3-6,15H,7-11H2,1-2H3,(H2,18,19,23). The number of aromatic nitrogens is 2. The van der Waals surface area contributed by atoms with Crippen molar-refractivity contribution in [2.75, 3.05) is 25.5 Å². The minimum absolute atomic E-state index is 0.185. The van der Waals surface area contributed by atoms with Gasteiger partial charge in [0.2, 0.25) is 11.8 Å². The smallest absolute Gasteiger partial charge is 0.319 e. The molecule has 1 aromatic carbocycles. The number of benzene rings is 1. The van der Waals surface area contributed by atoms with Gasteiger partial charge in [0.25, 0.3) is 0 Å². The summed E-state index contributed by atoms with van der Waals surface area (Å²) in [5.74, 6) is 1.66. The maximum atomic E-state index is 11.9. The van der Waals surface area contributed by atoms with Crippen molar-refractivity contribution in [3.8, 4) is 5.75 Å². The molecule has 1 saturated heterocycles. The molecule has 25 heavy (non-hydrogen) atoms. The number of hydrogen-bond donors (Lipinski definition) is 2. The zero-order chi connectivity index (χ0) is 17.6. The van der Waals surface area contributed by atoms with Gasteiger partial charge in [-0.05, 0) is 44.2 Å². The van der Waals surface area contributed by atoms with Crippen molar-refractivity contribution in [2.24, 2.45) is 0 Å². The molecular weight excluding hydrogens is 322 g/mol. The number of aryl methyl sites for hydroxylation is 1. The van der Waals surface area contributed by atoms with E-state index >= 15 is 0 Å². The molecule has 8 nitrogen and oxygen atoms in total. The molecule has 1 aliphatic rings.